The summed E-state index contributed by atoms with van der Waals surface area (Å²) in [6, 6.07) is 19.1. The van der Waals surface area contributed by atoms with Gasteiger partial charge in [-0.25, -0.2) is 4.39 Å². The number of carbonyl (C=O) groups excluding carboxylic acids is 1. The van der Waals surface area contributed by atoms with Crippen LogP contribution in [0, 0.1) is 5.82 Å². The molecule has 5 nitrogen and oxygen atoms in total. The monoisotopic (exact) mass is 420 g/mol. The quantitative estimate of drug-likeness (QED) is 0.420. The minimum atomic E-state index is -0.689. The Labute approximate surface area is 179 Å². The molecule has 3 aromatic rings. The topological polar surface area (TPSA) is 57.3 Å². The minimum absolute atomic E-state index is 0.178. The van der Waals surface area contributed by atoms with Gasteiger partial charge in [-0.1, -0.05) is 36.4 Å². The van der Waals surface area contributed by atoms with Gasteiger partial charge >= 0.3 is 0 Å². The van der Waals surface area contributed by atoms with Crippen LogP contribution < -0.4 is 14.2 Å². The number of epoxide rings is 1. The zero-order chi connectivity index (χ0) is 21.2. The number of ether oxygens (including phenoxy) is 4. The Morgan fingerprint density at radius 2 is 1.77 bits per heavy atom. The zero-order valence-electron chi connectivity index (χ0n) is 16.8. The van der Waals surface area contributed by atoms with E-state index in [0.29, 0.717) is 30.5 Å². The number of hydrogen-bond acceptors (Lipinski definition) is 5. The van der Waals surface area contributed by atoms with Crippen molar-refractivity contribution in [1.29, 1.82) is 0 Å². The molecule has 31 heavy (non-hydrogen) atoms. The lowest BCUT2D eigenvalue weighted by Gasteiger charge is -2.11. The Morgan fingerprint density at radius 3 is 2.61 bits per heavy atom. The summed E-state index contributed by atoms with van der Waals surface area (Å²) >= 11 is 0. The molecular formula is C25H21FO5. The predicted octanol–water partition coefficient (Wildman–Crippen LogP) is 4.89. The molecule has 0 N–H and O–H groups in total. The van der Waals surface area contributed by atoms with E-state index in [1.54, 1.807) is 0 Å². The maximum atomic E-state index is 13.9. The Hall–Kier alpha value is -3.38. The molecule has 0 aliphatic carbocycles. The van der Waals surface area contributed by atoms with E-state index in [1.807, 2.05) is 48.5 Å². The van der Waals surface area contributed by atoms with Crippen molar-refractivity contribution in [3.05, 3.63) is 89.2 Å². The normalized spacial score (nSPS) is 19.4. The van der Waals surface area contributed by atoms with Crippen LogP contribution in [-0.2, 0) is 11.3 Å². The summed E-state index contributed by atoms with van der Waals surface area (Å²) in [5.74, 6) is 0.867. The average molecular weight is 420 g/mol. The van der Waals surface area contributed by atoms with Crippen LogP contribution in [-0.4, -0.2) is 25.1 Å². The number of fused-ring (bicyclic) bond motifs is 1. The molecule has 0 saturated carbocycles. The van der Waals surface area contributed by atoms with E-state index in [-0.39, 0.29) is 18.0 Å². The van der Waals surface area contributed by atoms with Gasteiger partial charge in [0.1, 0.15) is 24.3 Å². The molecule has 158 valence electrons. The first-order valence-electron chi connectivity index (χ1n) is 10.2. The van der Waals surface area contributed by atoms with Gasteiger partial charge in [0, 0.05) is 6.42 Å². The molecule has 1 saturated heterocycles. The summed E-state index contributed by atoms with van der Waals surface area (Å²) in [5.41, 5.74) is 1.96. The average Bonchev–Trinajstić information content (AvgIpc) is 3.62. The van der Waals surface area contributed by atoms with Crippen molar-refractivity contribution >= 4 is 5.78 Å². The van der Waals surface area contributed by atoms with E-state index in [1.165, 1.54) is 18.2 Å². The number of rotatable bonds is 6. The second-order valence-electron chi connectivity index (χ2n) is 7.51. The molecular weight excluding hydrogens is 399 g/mol. The van der Waals surface area contributed by atoms with Crippen molar-refractivity contribution < 1.29 is 28.1 Å². The molecule has 0 spiro atoms. The lowest BCUT2D eigenvalue weighted by Crippen LogP contribution is -2.11. The van der Waals surface area contributed by atoms with Crippen LogP contribution in [0.25, 0.3) is 0 Å². The summed E-state index contributed by atoms with van der Waals surface area (Å²) in [4.78, 5) is 13.1. The Morgan fingerprint density at radius 1 is 0.968 bits per heavy atom. The van der Waals surface area contributed by atoms with Crippen molar-refractivity contribution in [1.82, 2.24) is 0 Å². The number of carbonyl (C=O) groups is 1. The van der Waals surface area contributed by atoms with Gasteiger partial charge in [0.05, 0.1) is 18.8 Å². The van der Waals surface area contributed by atoms with E-state index >= 15 is 0 Å². The van der Waals surface area contributed by atoms with Gasteiger partial charge in [-0.2, -0.15) is 0 Å². The number of hydrogen-bond donors (Lipinski definition) is 0. The van der Waals surface area contributed by atoms with Gasteiger partial charge in [0.25, 0.3) is 0 Å². The van der Waals surface area contributed by atoms with Crippen LogP contribution in [0.15, 0.2) is 66.7 Å². The van der Waals surface area contributed by atoms with Gasteiger partial charge in [0.2, 0.25) is 0 Å². The first-order valence-corrected chi connectivity index (χ1v) is 10.2. The first-order chi connectivity index (χ1) is 15.2. The van der Waals surface area contributed by atoms with Gasteiger partial charge in [0.15, 0.2) is 23.4 Å². The van der Waals surface area contributed by atoms with Crippen LogP contribution in [0.4, 0.5) is 4.39 Å². The fraction of sp³-hybridized carbons (Fsp3) is 0.240. The smallest absolute Gasteiger partial charge is 0.198 e. The molecule has 2 heterocycles. The van der Waals surface area contributed by atoms with E-state index in [4.69, 9.17) is 18.9 Å². The number of Topliss-reactive ketones (excluding diaryl/α,β-unsaturated/α-hetero) is 1. The highest BCUT2D eigenvalue weighted by molar-refractivity contribution is 6.03. The second kappa shape index (κ2) is 8.40. The molecule has 2 aliphatic rings. The molecule has 0 aromatic heterocycles. The van der Waals surface area contributed by atoms with E-state index < -0.39 is 18.0 Å². The van der Waals surface area contributed by atoms with Crippen molar-refractivity contribution in [3.63, 3.8) is 0 Å². The highest BCUT2D eigenvalue weighted by Crippen LogP contribution is 2.44. The van der Waals surface area contributed by atoms with Crippen LogP contribution in [0.3, 0.4) is 0 Å². The Kier molecular flexibility index (Phi) is 5.30. The number of benzene rings is 3. The lowest BCUT2D eigenvalue weighted by atomic mass is 10.0. The fourth-order valence-corrected chi connectivity index (χ4v) is 3.63. The van der Waals surface area contributed by atoms with Gasteiger partial charge in [-0.15, -0.1) is 0 Å². The van der Waals surface area contributed by atoms with Gasteiger partial charge in [-0.05, 0) is 41.5 Å². The van der Waals surface area contributed by atoms with Crippen LogP contribution in [0.1, 0.15) is 34.0 Å². The first kappa shape index (κ1) is 19.6. The van der Waals surface area contributed by atoms with Crippen molar-refractivity contribution in [2.75, 3.05) is 13.2 Å². The second-order valence-corrected chi connectivity index (χ2v) is 7.51. The highest BCUT2D eigenvalue weighted by atomic mass is 19.1. The predicted molar refractivity (Wildman–Crippen MR) is 111 cm³/mol. The van der Waals surface area contributed by atoms with Crippen LogP contribution >= 0.6 is 0 Å². The molecule has 1 fully saturated rings. The summed E-state index contributed by atoms with van der Waals surface area (Å²) in [7, 11) is 0. The molecule has 3 aromatic carbocycles. The standard InChI is InChI=1S/C25H21FO5/c26-18-8-10-20(30-15-16-5-2-1-3-6-16)19(14-18)23(27)25-24(31-25)17-7-9-21-22(13-17)29-12-4-11-28-21/h1-3,5-10,13-14,24-25H,4,11-12,15H2/t24-,25-/m0/s1. The number of ketones is 1. The largest absolute Gasteiger partial charge is 0.490 e. The SMILES string of the molecule is O=C(c1cc(F)ccc1OCc1ccccc1)[C@@H]1O[C@H]1c1ccc2c(c1)OCCCO2. The van der Waals surface area contributed by atoms with E-state index in [0.717, 1.165) is 17.5 Å². The molecule has 5 rings (SSSR count). The molecule has 2 aliphatic heterocycles. The Balaban J connectivity index is 1.33. The van der Waals surface area contributed by atoms with Gasteiger partial charge in [-0.3, -0.25) is 4.79 Å². The van der Waals surface area contributed by atoms with E-state index in [9.17, 15) is 9.18 Å². The third-order valence-corrected chi connectivity index (χ3v) is 5.29. The molecule has 0 bridgehead atoms. The maximum Gasteiger partial charge on any atom is 0.198 e. The molecule has 0 amide bonds. The summed E-state index contributed by atoms with van der Waals surface area (Å²) in [5, 5.41) is 0. The van der Waals surface area contributed by atoms with Gasteiger partial charge < -0.3 is 18.9 Å². The maximum absolute atomic E-state index is 13.9. The Bertz CT molecular complexity index is 1100. The highest BCUT2D eigenvalue weighted by Gasteiger charge is 2.47. The summed E-state index contributed by atoms with van der Waals surface area (Å²) in [6.07, 6.45) is -0.281. The molecule has 6 heteroatoms. The van der Waals surface area contributed by atoms with Crippen LogP contribution in [0.5, 0.6) is 17.2 Å². The summed E-state index contributed by atoms with van der Waals surface area (Å²) in [6.45, 7) is 1.47. The third-order valence-electron chi connectivity index (χ3n) is 5.29. The fourth-order valence-electron chi connectivity index (χ4n) is 3.63. The van der Waals surface area contributed by atoms with E-state index in [2.05, 4.69) is 0 Å². The molecule has 0 radical (unpaired) electrons. The molecule has 0 unspecified atom stereocenters. The number of halogens is 1. The molecule has 2 atom stereocenters. The summed E-state index contributed by atoms with van der Waals surface area (Å²) < 4.78 is 36.8. The zero-order valence-corrected chi connectivity index (χ0v) is 16.8. The van der Waals surface area contributed by atoms with Crippen molar-refractivity contribution in [3.8, 4) is 17.2 Å². The van der Waals surface area contributed by atoms with Crippen LogP contribution in [0.2, 0.25) is 0 Å². The minimum Gasteiger partial charge on any atom is -0.490 e. The van der Waals surface area contributed by atoms with Crippen molar-refractivity contribution in [2.24, 2.45) is 0 Å². The van der Waals surface area contributed by atoms with Crippen molar-refractivity contribution in [2.45, 2.75) is 25.2 Å². The lowest BCUT2D eigenvalue weighted by molar-refractivity contribution is 0.0948. The third kappa shape index (κ3) is 4.25.